The van der Waals surface area contributed by atoms with Crippen LogP contribution in [0, 0.1) is 23.2 Å². The van der Waals surface area contributed by atoms with Crippen LogP contribution in [0.5, 0.6) is 5.75 Å². The third-order valence-electron chi connectivity index (χ3n) is 24.8. The van der Waals surface area contributed by atoms with E-state index in [2.05, 4.69) is 136 Å². The van der Waals surface area contributed by atoms with E-state index in [1.165, 1.54) is 65.3 Å². The van der Waals surface area contributed by atoms with E-state index in [1.54, 1.807) is 109 Å². The highest BCUT2D eigenvalue weighted by Gasteiger charge is 2.44. The van der Waals surface area contributed by atoms with Gasteiger partial charge in [0.05, 0.1) is 51.1 Å². The van der Waals surface area contributed by atoms with Gasteiger partial charge in [-0.05, 0) is 117 Å². The van der Waals surface area contributed by atoms with Crippen LogP contribution < -0.4 is 113 Å². The number of amides is 20. The Kier molecular flexibility index (Phi) is 50.0. The van der Waals surface area contributed by atoms with Crippen molar-refractivity contribution < 1.29 is 116 Å². The van der Waals surface area contributed by atoms with Crippen LogP contribution in [0.4, 0.5) is 0 Å². The first-order chi connectivity index (χ1) is 71.2. The molecule has 2 saturated heterocycles. The molecule has 0 unspecified atom stereocenters. The van der Waals surface area contributed by atoms with Crippen LogP contribution >= 0.6 is 37.0 Å². The second-order valence-corrected chi connectivity index (χ2v) is 38.7. The third kappa shape index (κ3) is 39.1. The minimum Gasteiger partial charge on any atom is -0.508 e. The number of thiol groups is 2. The lowest BCUT2D eigenvalue weighted by Gasteiger charge is -2.31. The number of guanidine groups is 1. The zero-order valence-corrected chi connectivity index (χ0v) is 87.1. The molecule has 0 bridgehead atoms. The number of H-pyrrole nitrogens is 2. The Morgan fingerprint density at radius 2 is 0.980 bits per heavy atom. The molecule has 0 aliphatic carbocycles. The summed E-state index contributed by atoms with van der Waals surface area (Å²) in [5, 5.41) is 84.1. The summed E-state index contributed by atoms with van der Waals surface area (Å²) in [6, 6.07) is -1.25. The predicted octanol–water partition coefficient (Wildman–Crippen LogP) is -6.85. The molecule has 0 spiro atoms. The number of aliphatic carboxylic acids is 1. The zero-order valence-electron chi connectivity index (χ0n) is 84.5. The number of likely N-dealkylation sites (tertiary alicyclic amines) is 2. The number of thioether (sulfide) groups is 1. The zero-order chi connectivity index (χ0) is 111. The number of hydrogen-bond acceptors (Lipinski definition) is 29. The first-order valence-electron chi connectivity index (χ1n) is 48.9. The number of primary amides is 1. The molecule has 0 saturated carbocycles. The number of aromatic nitrogens is 3. The molecular weight excluding hydrogens is 2010 g/mol. The number of nitrogens with zero attached hydrogens (tertiary/aromatic N) is 3. The van der Waals surface area contributed by atoms with E-state index in [1.807, 2.05) is 0 Å². The quantitative estimate of drug-likeness (QED) is 0.00744. The standard InChI is InChI=1S/C96H139N27O24S3/c1-9-51(6)79(93(145)121-80(52(7)124)94(146)116-64(36-55-39-103-59-21-14-13-20-58(55)59)86(138)119-78(50(4)5)92(144)118-68(47-149)87(139)112-61(22-15-30-102-96(99)100)95(147)123-32-17-23-69(123)89(141)106-42-73(128)104-41-72(127)105-45-76(131)132)120-90(142)70-24-16-31-122(70)75(130)44-108-81(133)62(34-53-18-11-10-12-19-53)113-84(136)65(37-56-40-101-48-109-56)115-88(140)67(46-148)117-82(134)60(29-33-150-8)111-83(135)63(35-54-25-27-57(125)28-26-54)114-85(137)66(38-71(97)126)110-74(129)43-107-91(143)77(98)49(2)3/h10-14,18-21,25-28,39-40,48-52,60-70,77-80,103,124-125,148-149H,9,15-17,22-24,29-38,41-47,98H2,1-8H3,(H2,97,126)(H,101,109)(H,104,128)(H,105,127)(H,106,141)(H,107,143)(H,108,133)(H,110,129)(H,111,135)(H,112,139)(H,113,136)(H,114,137)(H,115,140)(H,116,146)(H,117,134)(H,118,144)(H,119,138)(H,120,142)(H,121,145)(H,131,132)(H4,99,100,102)/t51-,52+,60-,61-,62-,63-,64-,65-,66-,67-,68-,69-,70-,77-,78-,79-,80-/m0/s1. The second kappa shape index (κ2) is 61.3. The van der Waals surface area contributed by atoms with Gasteiger partial charge in [0.1, 0.15) is 96.9 Å². The van der Waals surface area contributed by atoms with E-state index < -0.39 is 278 Å². The number of aromatic amines is 2. The van der Waals surface area contributed by atoms with E-state index in [0.717, 1.165) is 0 Å². The molecule has 30 N–H and O–H groups in total. The summed E-state index contributed by atoms with van der Waals surface area (Å²) in [6.45, 7) is 7.73. The first kappa shape index (κ1) is 122. The normalized spacial score (nSPS) is 16.2. The predicted molar refractivity (Wildman–Crippen MR) is 554 cm³/mol. The van der Waals surface area contributed by atoms with Crippen molar-refractivity contribution >= 4 is 178 Å². The lowest BCUT2D eigenvalue weighted by Crippen LogP contribution is -2.63. The largest absolute Gasteiger partial charge is 0.508 e. The lowest BCUT2D eigenvalue weighted by atomic mass is 9.96. The fourth-order valence-corrected chi connectivity index (χ4v) is 17.1. The number of rotatable bonds is 61. The number of carbonyl (C=O) groups is 21. The number of aliphatic hydroxyl groups is 1. The SMILES string of the molecule is CC[C@H](C)[C@H](NC(=O)[C@@H]1CCCN1C(=O)CNC(=O)[C@H](Cc1ccccc1)NC(=O)[C@H](Cc1cnc[nH]1)NC(=O)[C@H](CS)NC(=O)[C@H](CCSC)NC(=O)[C@H](Cc1ccc(O)cc1)NC(=O)[C@H](CC(N)=O)NC(=O)CNC(=O)[C@@H](N)C(C)C)C(=O)N[C@H](C(=O)N[C@@H](Cc1c[nH]c2ccccc12)C(=O)N[C@H](C(=O)N[C@@H](CS)C(=O)N[C@@H](CCCNC(=N)N)C(=O)N1CCC[C@H]1C(=O)NCC(=O)NCC(=O)NCC(=O)O)C(C)C)[C@@H](C)O. The van der Waals surface area contributed by atoms with Crippen LogP contribution in [0.15, 0.2) is 97.6 Å². The number of hydrogen-bond donors (Lipinski definition) is 29. The van der Waals surface area contributed by atoms with Gasteiger partial charge in [-0.2, -0.15) is 37.0 Å². The number of nitrogens with one attached hydrogen (secondary N) is 21. The summed E-state index contributed by atoms with van der Waals surface area (Å²) >= 11 is 10.0. The third-order valence-corrected chi connectivity index (χ3v) is 26.2. The minimum absolute atomic E-state index is 0.0178. The molecule has 5 aromatic rings. The van der Waals surface area contributed by atoms with Crippen LogP contribution in [0.2, 0.25) is 0 Å². The van der Waals surface area contributed by atoms with Gasteiger partial charge < -0.3 is 148 Å². The molecule has 2 aliphatic rings. The lowest BCUT2D eigenvalue weighted by molar-refractivity contribution is -0.142. The van der Waals surface area contributed by atoms with Crippen molar-refractivity contribution in [3.05, 3.63) is 120 Å². The molecule has 51 nitrogen and oxygen atoms in total. The van der Waals surface area contributed by atoms with Crippen molar-refractivity contribution in [2.75, 3.05) is 75.9 Å². The van der Waals surface area contributed by atoms with E-state index in [0.29, 0.717) is 39.7 Å². The number of benzene rings is 3. The van der Waals surface area contributed by atoms with Crippen molar-refractivity contribution in [1.82, 2.24) is 120 Å². The second-order valence-electron chi connectivity index (χ2n) is 36.9. The van der Waals surface area contributed by atoms with E-state index in [4.69, 9.17) is 27.7 Å². The topological polar surface area (TPSA) is 789 Å². The number of carboxylic acid groups (broad SMARTS) is 1. The number of phenolic OH excluding ortho intramolecular Hbond substituents is 1. The van der Waals surface area contributed by atoms with Gasteiger partial charge in [0.15, 0.2) is 5.96 Å². The summed E-state index contributed by atoms with van der Waals surface area (Å²) in [4.78, 5) is 304. The van der Waals surface area contributed by atoms with Crippen LogP contribution in [0.1, 0.15) is 129 Å². The number of carboxylic acids is 1. The van der Waals surface area contributed by atoms with Gasteiger partial charge in [-0.15, -0.1) is 0 Å². The van der Waals surface area contributed by atoms with Gasteiger partial charge in [-0.3, -0.25) is 106 Å². The Balaban J connectivity index is 1.02. The summed E-state index contributed by atoms with van der Waals surface area (Å²) in [6.07, 6.45) is 3.32. The number of nitrogens with two attached hydrogens (primary N) is 3. The highest BCUT2D eigenvalue weighted by Crippen LogP contribution is 2.25. The van der Waals surface area contributed by atoms with Gasteiger partial charge in [-0.25, -0.2) is 4.98 Å². The van der Waals surface area contributed by atoms with Crippen molar-refractivity contribution in [3.63, 3.8) is 0 Å². The molecule has 0 radical (unpaired) electrons. The molecule has 2 aromatic heterocycles. The Morgan fingerprint density at radius 1 is 0.487 bits per heavy atom. The van der Waals surface area contributed by atoms with Gasteiger partial charge in [-0.1, -0.05) is 109 Å². The fourth-order valence-electron chi connectivity index (χ4n) is 16.2. The molecule has 820 valence electrons. The molecule has 150 heavy (non-hydrogen) atoms. The van der Waals surface area contributed by atoms with Crippen LogP contribution in [-0.2, 0) is 126 Å². The molecule has 2 fully saturated rings. The number of aromatic hydroxyl groups is 1. The number of para-hydroxylation sites is 1. The van der Waals surface area contributed by atoms with Crippen molar-refractivity contribution in [2.45, 2.75) is 229 Å². The first-order valence-corrected chi connectivity index (χ1v) is 51.6. The number of carbonyl (C=O) groups excluding carboxylic acids is 20. The smallest absolute Gasteiger partial charge is 0.322 e. The highest BCUT2D eigenvalue weighted by molar-refractivity contribution is 7.98. The minimum atomic E-state index is -1.87. The summed E-state index contributed by atoms with van der Waals surface area (Å²) in [5.74, 6) is -22.3. The Morgan fingerprint density at radius 3 is 1.56 bits per heavy atom. The average Bonchev–Trinajstić information content (AvgIpc) is 1.26. The number of imidazole rings is 1. The van der Waals surface area contributed by atoms with E-state index in [9.17, 15) is 106 Å². The molecule has 54 heteroatoms. The van der Waals surface area contributed by atoms with Crippen molar-refractivity contribution in [2.24, 2.45) is 35.0 Å². The molecular formula is C96H139N27O24S3. The summed E-state index contributed by atoms with van der Waals surface area (Å²) in [5.41, 5.74) is 19.2. The van der Waals surface area contributed by atoms with Crippen LogP contribution in [0.3, 0.4) is 0 Å². The summed E-state index contributed by atoms with van der Waals surface area (Å²) < 4.78 is 0. The van der Waals surface area contributed by atoms with Crippen LogP contribution in [0.25, 0.3) is 10.9 Å². The van der Waals surface area contributed by atoms with Gasteiger partial charge >= 0.3 is 5.97 Å². The Bertz CT molecular complexity index is 5530. The molecule has 2 aliphatic heterocycles. The molecule has 17 atom stereocenters. The monoisotopic (exact) mass is 2150 g/mol. The average molecular weight is 2150 g/mol. The summed E-state index contributed by atoms with van der Waals surface area (Å²) in [7, 11) is 0. The number of phenols is 1. The van der Waals surface area contributed by atoms with Gasteiger partial charge in [0, 0.05) is 85.8 Å². The van der Waals surface area contributed by atoms with Gasteiger partial charge in [0.25, 0.3) is 0 Å². The maximum Gasteiger partial charge on any atom is 0.322 e. The van der Waals surface area contributed by atoms with Gasteiger partial charge in [0.2, 0.25) is 118 Å². The molecule has 4 heterocycles. The Labute approximate surface area is 880 Å². The molecule has 3 aromatic carbocycles. The number of fused-ring (bicyclic) bond motifs is 1. The maximum absolute atomic E-state index is 15.0. The molecule has 20 amide bonds. The fraction of sp³-hybridized carbons (Fsp3) is 0.531. The van der Waals surface area contributed by atoms with Crippen molar-refractivity contribution in [1.29, 1.82) is 5.41 Å². The van der Waals surface area contributed by atoms with Crippen LogP contribution in [-0.4, -0.2) is 343 Å². The molecule has 7 rings (SSSR count). The highest BCUT2D eigenvalue weighted by atomic mass is 32.2. The number of aliphatic hydroxyl groups excluding tert-OH is 1. The Hall–Kier alpha value is -14.7. The van der Waals surface area contributed by atoms with E-state index >= 15 is 4.79 Å². The van der Waals surface area contributed by atoms with E-state index in [-0.39, 0.29) is 119 Å². The van der Waals surface area contributed by atoms with Crippen molar-refractivity contribution in [3.8, 4) is 5.75 Å². The maximum atomic E-state index is 15.0.